The van der Waals surface area contributed by atoms with Crippen LogP contribution < -0.4 is 0 Å². The van der Waals surface area contributed by atoms with Gasteiger partial charge in [0, 0.05) is 31.0 Å². The normalized spacial score (nSPS) is 34.3. The first-order valence-corrected chi connectivity index (χ1v) is 6.03. The van der Waals surface area contributed by atoms with Gasteiger partial charge in [0.15, 0.2) is 0 Å². The third-order valence-corrected chi connectivity index (χ3v) is 4.03. The Kier molecular flexibility index (Phi) is 2.75. The minimum atomic E-state index is 0.215. The van der Waals surface area contributed by atoms with Crippen LogP contribution in [-0.2, 0) is 4.74 Å². The molecular weight excluding hydrogens is 188 g/mol. The number of amidine groups is 1. The minimum absolute atomic E-state index is 0.215. The van der Waals surface area contributed by atoms with Crippen LogP contribution in [0, 0.1) is 10.8 Å². The van der Waals surface area contributed by atoms with Gasteiger partial charge in [0.1, 0.15) is 0 Å². The van der Waals surface area contributed by atoms with Crippen LogP contribution in [0.1, 0.15) is 40.0 Å². The Morgan fingerprint density at radius 1 is 1.53 bits per heavy atom. The molecule has 3 heteroatoms. The van der Waals surface area contributed by atoms with E-state index in [2.05, 4.69) is 25.7 Å². The molecule has 0 radical (unpaired) electrons. The van der Waals surface area contributed by atoms with Gasteiger partial charge < -0.3 is 9.64 Å². The van der Waals surface area contributed by atoms with E-state index in [1.165, 1.54) is 0 Å². The van der Waals surface area contributed by atoms with Crippen molar-refractivity contribution < 1.29 is 4.74 Å². The second-order valence-electron chi connectivity index (χ2n) is 5.26. The van der Waals surface area contributed by atoms with Gasteiger partial charge >= 0.3 is 0 Å². The van der Waals surface area contributed by atoms with Crippen molar-refractivity contribution in [3.8, 4) is 0 Å². The monoisotopic (exact) mass is 210 g/mol. The van der Waals surface area contributed by atoms with Crippen LogP contribution in [0.5, 0.6) is 0 Å². The molecule has 1 saturated heterocycles. The highest BCUT2D eigenvalue weighted by Crippen LogP contribution is 2.46. The predicted molar refractivity (Wildman–Crippen MR) is 61.3 cm³/mol. The van der Waals surface area contributed by atoms with E-state index in [1.807, 2.05) is 0 Å². The molecule has 1 heterocycles. The molecule has 0 amide bonds. The Labute approximate surface area is 92.3 Å². The van der Waals surface area contributed by atoms with Crippen LogP contribution >= 0.6 is 0 Å². The fraction of sp³-hybridized carbons (Fsp3) is 0.917. The molecule has 1 aliphatic heterocycles. The summed E-state index contributed by atoms with van der Waals surface area (Å²) in [5.41, 5.74) is 0.215. The third-order valence-electron chi connectivity index (χ3n) is 4.03. The molecule has 1 saturated carbocycles. The average Bonchev–Trinajstić information content (AvgIpc) is 2.58. The number of likely N-dealkylation sites (tertiary alicyclic amines) is 1. The number of rotatable bonds is 3. The molecule has 0 bridgehead atoms. The van der Waals surface area contributed by atoms with Crippen LogP contribution in [-0.4, -0.2) is 36.0 Å². The van der Waals surface area contributed by atoms with Crippen molar-refractivity contribution in [2.45, 2.75) is 52.2 Å². The topological polar surface area (TPSA) is 36.3 Å². The summed E-state index contributed by atoms with van der Waals surface area (Å²) < 4.78 is 5.72. The Hall–Kier alpha value is -0.570. The zero-order valence-electron chi connectivity index (χ0n) is 10.0. The van der Waals surface area contributed by atoms with Gasteiger partial charge in [-0.3, -0.25) is 5.41 Å². The number of nitrogens with one attached hydrogen (secondary N) is 1. The summed E-state index contributed by atoms with van der Waals surface area (Å²) in [6, 6.07) is 0.532. The van der Waals surface area contributed by atoms with E-state index in [-0.39, 0.29) is 5.41 Å². The Balaban J connectivity index is 1.99. The Bertz CT molecular complexity index is 262. The van der Waals surface area contributed by atoms with Crippen molar-refractivity contribution in [2.24, 2.45) is 5.41 Å². The van der Waals surface area contributed by atoms with Crippen LogP contribution in [0.4, 0.5) is 0 Å². The van der Waals surface area contributed by atoms with Gasteiger partial charge in [0.05, 0.1) is 11.9 Å². The zero-order valence-corrected chi connectivity index (χ0v) is 10.0. The zero-order chi connectivity index (χ0) is 11.1. The predicted octanol–water partition coefficient (Wildman–Crippen LogP) is 2.26. The lowest BCUT2D eigenvalue weighted by molar-refractivity contribution is -0.134. The fourth-order valence-corrected chi connectivity index (χ4v) is 2.92. The molecule has 2 unspecified atom stereocenters. The summed E-state index contributed by atoms with van der Waals surface area (Å²) >= 11 is 0. The van der Waals surface area contributed by atoms with Crippen molar-refractivity contribution in [3.05, 3.63) is 0 Å². The van der Waals surface area contributed by atoms with Crippen molar-refractivity contribution in [2.75, 3.05) is 13.2 Å². The SMILES string of the molecule is CCOC1CC(N2CCCC2=N)C1(C)C. The lowest BCUT2D eigenvalue weighted by Gasteiger charge is -2.55. The molecule has 0 spiro atoms. The van der Waals surface area contributed by atoms with Gasteiger partial charge in [-0.05, 0) is 19.8 Å². The number of ether oxygens (including phenoxy) is 1. The van der Waals surface area contributed by atoms with Crippen LogP contribution in [0.15, 0.2) is 0 Å². The molecule has 0 aromatic carbocycles. The van der Waals surface area contributed by atoms with Crippen molar-refractivity contribution in [1.82, 2.24) is 4.90 Å². The Morgan fingerprint density at radius 2 is 2.27 bits per heavy atom. The van der Waals surface area contributed by atoms with E-state index in [9.17, 15) is 0 Å². The van der Waals surface area contributed by atoms with Crippen LogP contribution in [0.2, 0.25) is 0 Å². The standard InChI is InChI=1S/C12H22N2O/c1-4-15-10-8-9(12(10,2)3)14-7-5-6-11(14)13/h9-10,13H,4-8H2,1-3H3. The van der Waals surface area contributed by atoms with Gasteiger partial charge in [-0.25, -0.2) is 0 Å². The highest BCUT2D eigenvalue weighted by Gasteiger charge is 2.52. The molecule has 2 fully saturated rings. The first-order valence-electron chi connectivity index (χ1n) is 6.03. The van der Waals surface area contributed by atoms with Crippen LogP contribution in [0.3, 0.4) is 0 Å². The number of nitrogens with zero attached hydrogens (tertiary/aromatic N) is 1. The summed E-state index contributed by atoms with van der Waals surface area (Å²) in [6.45, 7) is 8.48. The largest absolute Gasteiger partial charge is 0.378 e. The molecule has 1 N–H and O–H groups in total. The third kappa shape index (κ3) is 1.67. The van der Waals surface area contributed by atoms with Gasteiger partial charge in [-0.15, -0.1) is 0 Å². The molecule has 86 valence electrons. The van der Waals surface area contributed by atoms with Crippen molar-refractivity contribution >= 4 is 5.84 Å². The average molecular weight is 210 g/mol. The molecule has 3 nitrogen and oxygen atoms in total. The maximum atomic E-state index is 7.90. The van der Waals surface area contributed by atoms with Gasteiger partial charge in [0.2, 0.25) is 0 Å². The molecule has 0 aromatic rings. The van der Waals surface area contributed by atoms with E-state index in [0.717, 1.165) is 38.2 Å². The molecular formula is C12H22N2O. The quantitative estimate of drug-likeness (QED) is 0.775. The van der Waals surface area contributed by atoms with Gasteiger partial charge in [-0.1, -0.05) is 13.8 Å². The summed E-state index contributed by atoms with van der Waals surface area (Å²) in [5, 5.41) is 7.90. The molecule has 2 rings (SSSR count). The summed E-state index contributed by atoms with van der Waals surface area (Å²) in [7, 11) is 0. The second kappa shape index (κ2) is 3.78. The first-order chi connectivity index (χ1) is 7.07. The summed E-state index contributed by atoms with van der Waals surface area (Å²) in [4.78, 5) is 2.29. The van der Waals surface area contributed by atoms with Gasteiger partial charge in [-0.2, -0.15) is 0 Å². The highest BCUT2D eigenvalue weighted by molar-refractivity contribution is 5.81. The lowest BCUT2D eigenvalue weighted by Crippen LogP contribution is -2.62. The van der Waals surface area contributed by atoms with Crippen LogP contribution in [0.25, 0.3) is 0 Å². The molecule has 2 atom stereocenters. The molecule has 15 heavy (non-hydrogen) atoms. The summed E-state index contributed by atoms with van der Waals surface area (Å²) in [5.74, 6) is 0.836. The van der Waals surface area contributed by atoms with Crippen molar-refractivity contribution in [1.29, 1.82) is 5.41 Å². The smallest absolute Gasteiger partial charge is 0.0961 e. The number of hydrogen-bond donors (Lipinski definition) is 1. The maximum absolute atomic E-state index is 7.90. The first kappa shape index (κ1) is 10.9. The fourth-order valence-electron chi connectivity index (χ4n) is 2.92. The minimum Gasteiger partial charge on any atom is -0.378 e. The van der Waals surface area contributed by atoms with E-state index < -0.39 is 0 Å². The maximum Gasteiger partial charge on any atom is 0.0961 e. The van der Waals surface area contributed by atoms with E-state index in [1.54, 1.807) is 0 Å². The van der Waals surface area contributed by atoms with E-state index in [0.29, 0.717) is 12.1 Å². The van der Waals surface area contributed by atoms with Gasteiger partial charge in [0.25, 0.3) is 0 Å². The second-order valence-corrected chi connectivity index (χ2v) is 5.26. The van der Waals surface area contributed by atoms with E-state index in [4.69, 9.17) is 10.1 Å². The highest BCUT2D eigenvalue weighted by atomic mass is 16.5. The molecule has 1 aliphatic carbocycles. The molecule has 2 aliphatic rings. The Morgan fingerprint density at radius 3 is 2.73 bits per heavy atom. The number of hydrogen-bond acceptors (Lipinski definition) is 2. The lowest BCUT2D eigenvalue weighted by atomic mass is 9.63. The van der Waals surface area contributed by atoms with Crippen molar-refractivity contribution in [3.63, 3.8) is 0 Å². The molecule has 0 aromatic heterocycles. The van der Waals surface area contributed by atoms with E-state index >= 15 is 0 Å². The summed E-state index contributed by atoms with van der Waals surface area (Å²) in [6.07, 6.45) is 3.61.